The van der Waals surface area contributed by atoms with Gasteiger partial charge in [-0.15, -0.1) is 0 Å². The Hall–Kier alpha value is -3.71. The number of nitriles is 1. The van der Waals surface area contributed by atoms with Gasteiger partial charge in [0.1, 0.15) is 18.2 Å². The third kappa shape index (κ3) is 5.48. The summed E-state index contributed by atoms with van der Waals surface area (Å²) in [5.74, 6) is 0.465. The van der Waals surface area contributed by atoms with Crippen LogP contribution < -0.4 is 14.5 Å². The Morgan fingerprint density at radius 2 is 2.00 bits per heavy atom. The summed E-state index contributed by atoms with van der Waals surface area (Å²) in [6.07, 6.45) is 4.51. The molecule has 3 aliphatic rings. The smallest absolute Gasteiger partial charge is 0.318 e. The van der Waals surface area contributed by atoms with Gasteiger partial charge in [-0.3, -0.25) is 4.79 Å². The maximum atomic E-state index is 14.2. The second-order valence-electron chi connectivity index (χ2n) is 11.0. The van der Waals surface area contributed by atoms with Crippen molar-refractivity contribution in [2.24, 2.45) is 0 Å². The van der Waals surface area contributed by atoms with Gasteiger partial charge in [-0.25, -0.2) is 4.39 Å². The average Bonchev–Trinajstić information content (AvgIpc) is 3.38. The molecule has 0 bridgehead atoms. The quantitative estimate of drug-likeness (QED) is 0.488. The van der Waals surface area contributed by atoms with Crippen molar-refractivity contribution in [1.29, 1.82) is 5.26 Å². The van der Waals surface area contributed by atoms with E-state index in [9.17, 15) is 14.4 Å². The van der Waals surface area contributed by atoms with Crippen LogP contribution in [-0.2, 0) is 17.8 Å². The van der Waals surface area contributed by atoms with Crippen molar-refractivity contribution in [3.05, 3.63) is 53.0 Å². The molecule has 2 saturated heterocycles. The Morgan fingerprint density at radius 1 is 1.18 bits per heavy atom. The first kappa shape index (κ1) is 27.8. The summed E-state index contributed by atoms with van der Waals surface area (Å²) in [5, 5.41) is 9.46. The highest BCUT2D eigenvalue weighted by atomic mass is 19.1. The van der Waals surface area contributed by atoms with E-state index in [0.29, 0.717) is 50.4 Å². The number of carbonyl (C=O) groups is 1. The Bertz CT molecular complexity index is 1330. The zero-order valence-corrected chi connectivity index (χ0v) is 23.7. The molecule has 2 atom stereocenters. The van der Waals surface area contributed by atoms with Crippen LogP contribution in [0.15, 0.2) is 24.8 Å². The summed E-state index contributed by atoms with van der Waals surface area (Å²) in [5.41, 5.74) is 4.56. The van der Waals surface area contributed by atoms with E-state index >= 15 is 0 Å². The van der Waals surface area contributed by atoms with Crippen LogP contribution in [0.2, 0.25) is 0 Å². The predicted molar refractivity (Wildman–Crippen MR) is 152 cm³/mol. The molecule has 0 radical (unpaired) electrons. The molecular formula is C30H38FN7O2. The van der Waals surface area contributed by atoms with Crippen LogP contribution in [0.3, 0.4) is 0 Å². The molecule has 0 spiro atoms. The van der Waals surface area contributed by atoms with E-state index in [4.69, 9.17) is 14.7 Å². The number of nitrogens with zero attached hydrogens (tertiary/aromatic N) is 7. The number of piperazine rings is 1. The second-order valence-corrected chi connectivity index (χ2v) is 11.0. The molecule has 1 amide bonds. The first-order valence-electron chi connectivity index (χ1n) is 14.1. The van der Waals surface area contributed by atoms with E-state index < -0.39 is 0 Å². The number of hydrogen-bond acceptors (Lipinski definition) is 8. The van der Waals surface area contributed by atoms with Gasteiger partial charge in [-0.1, -0.05) is 6.58 Å². The lowest BCUT2D eigenvalue weighted by Crippen LogP contribution is -2.55. The standard InChI is InChI=1S/C30H38FN7O2/c1-5-28(39)38-16-15-37(17-22(38)10-12-32)29-24-11-14-36(27-9-8-25(31)20(2)21(27)3)18-26(24)33-30(34-29)40-19-23-7-6-13-35(23)4/h5,8-9,22-23H,1,6-7,10-11,13-19H2,2-4H3/t22-,23-/m0/s1. The molecule has 4 heterocycles. The Balaban J connectivity index is 1.46. The molecule has 212 valence electrons. The summed E-state index contributed by atoms with van der Waals surface area (Å²) >= 11 is 0. The number of hydrogen-bond donors (Lipinski definition) is 0. The minimum Gasteiger partial charge on any atom is -0.462 e. The molecule has 3 aliphatic heterocycles. The van der Waals surface area contributed by atoms with Gasteiger partial charge in [0.05, 0.1) is 30.8 Å². The monoisotopic (exact) mass is 547 g/mol. The average molecular weight is 548 g/mol. The van der Waals surface area contributed by atoms with Crippen LogP contribution in [0.25, 0.3) is 0 Å². The Labute approximate surface area is 235 Å². The molecule has 2 aromatic rings. The molecule has 0 saturated carbocycles. The Kier molecular flexibility index (Phi) is 8.22. The maximum Gasteiger partial charge on any atom is 0.318 e. The summed E-state index contributed by atoms with van der Waals surface area (Å²) in [6.45, 7) is 11.9. The van der Waals surface area contributed by atoms with Gasteiger partial charge in [0.2, 0.25) is 5.91 Å². The minimum absolute atomic E-state index is 0.157. The molecule has 1 aromatic carbocycles. The highest BCUT2D eigenvalue weighted by molar-refractivity contribution is 5.87. The van der Waals surface area contributed by atoms with Crippen LogP contribution in [0.1, 0.15) is 41.6 Å². The van der Waals surface area contributed by atoms with Crippen molar-refractivity contribution in [1.82, 2.24) is 19.8 Å². The number of aromatic nitrogens is 2. The molecule has 40 heavy (non-hydrogen) atoms. The van der Waals surface area contributed by atoms with E-state index in [0.717, 1.165) is 60.7 Å². The van der Waals surface area contributed by atoms with Gasteiger partial charge in [0.25, 0.3) is 0 Å². The third-order valence-corrected chi connectivity index (χ3v) is 8.70. The fourth-order valence-electron chi connectivity index (χ4n) is 6.13. The van der Waals surface area contributed by atoms with Crippen molar-refractivity contribution in [2.75, 3.05) is 56.2 Å². The summed E-state index contributed by atoms with van der Waals surface area (Å²) < 4.78 is 20.4. The van der Waals surface area contributed by atoms with E-state index in [1.165, 1.54) is 12.1 Å². The first-order valence-corrected chi connectivity index (χ1v) is 14.1. The highest BCUT2D eigenvalue weighted by Gasteiger charge is 2.33. The predicted octanol–water partition coefficient (Wildman–Crippen LogP) is 3.39. The number of carbonyl (C=O) groups excluding carboxylic acids is 1. The molecule has 2 fully saturated rings. The number of halogens is 1. The molecular weight excluding hydrogens is 509 g/mol. The zero-order valence-electron chi connectivity index (χ0n) is 23.7. The summed E-state index contributed by atoms with van der Waals surface area (Å²) in [6, 6.07) is 6.04. The van der Waals surface area contributed by atoms with E-state index in [1.54, 1.807) is 4.90 Å². The molecule has 0 N–H and O–H groups in total. The molecule has 10 heteroatoms. The number of ether oxygens (including phenoxy) is 1. The highest BCUT2D eigenvalue weighted by Crippen LogP contribution is 2.34. The zero-order chi connectivity index (χ0) is 28.4. The number of benzene rings is 1. The topological polar surface area (TPSA) is 88.8 Å². The van der Waals surface area contributed by atoms with Crippen molar-refractivity contribution >= 4 is 17.4 Å². The number of likely N-dealkylation sites (N-methyl/N-ethyl adjacent to an activating group) is 1. The van der Waals surface area contributed by atoms with Crippen LogP contribution in [-0.4, -0.2) is 84.1 Å². The first-order chi connectivity index (χ1) is 19.3. The molecule has 0 aliphatic carbocycles. The molecule has 0 unspecified atom stereocenters. The molecule has 5 rings (SSSR count). The number of rotatable bonds is 7. The number of fused-ring (bicyclic) bond motifs is 1. The summed E-state index contributed by atoms with van der Waals surface area (Å²) in [4.78, 5) is 30.7. The fraction of sp³-hybridized carbons (Fsp3) is 0.533. The van der Waals surface area contributed by atoms with Gasteiger partial charge < -0.3 is 24.3 Å². The SMILES string of the molecule is C=CC(=O)N1CCN(c2nc(OC[C@@H]3CCCN3C)nc3c2CCN(c2ccc(F)c(C)c2C)C3)C[C@@H]1CC#N. The van der Waals surface area contributed by atoms with Crippen LogP contribution in [0.5, 0.6) is 6.01 Å². The van der Waals surface area contributed by atoms with Crippen molar-refractivity contribution in [2.45, 2.75) is 58.2 Å². The van der Waals surface area contributed by atoms with E-state index in [2.05, 4.69) is 34.4 Å². The lowest BCUT2D eigenvalue weighted by molar-refractivity contribution is -0.128. The van der Waals surface area contributed by atoms with Gasteiger partial charge in [-0.2, -0.15) is 15.2 Å². The lowest BCUT2D eigenvalue weighted by Gasteiger charge is -2.42. The van der Waals surface area contributed by atoms with Gasteiger partial charge >= 0.3 is 6.01 Å². The molecule has 1 aromatic heterocycles. The molecule has 9 nitrogen and oxygen atoms in total. The van der Waals surface area contributed by atoms with Crippen LogP contribution >= 0.6 is 0 Å². The fourth-order valence-corrected chi connectivity index (χ4v) is 6.13. The van der Waals surface area contributed by atoms with E-state index in [1.807, 2.05) is 19.9 Å². The second kappa shape index (κ2) is 11.8. The number of amides is 1. The van der Waals surface area contributed by atoms with Crippen molar-refractivity contribution in [3.8, 4) is 12.1 Å². The van der Waals surface area contributed by atoms with E-state index in [-0.39, 0.29) is 24.2 Å². The third-order valence-electron chi connectivity index (χ3n) is 8.70. The maximum absolute atomic E-state index is 14.2. The number of anilines is 2. The van der Waals surface area contributed by atoms with Crippen molar-refractivity contribution in [3.63, 3.8) is 0 Å². The number of likely N-dealkylation sites (tertiary alicyclic amines) is 1. The lowest BCUT2D eigenvalue weighted by atomic mass is 10.0. The van der Waals surface area contributed by atoms with Crippen molar-refractivity contribution < 1.29 is 13.9 Å². The largest absolute Gasteiger partial charge is 0.462 e. The normalized spacial score (nSPS) is 21.2. The van der Waals surface area contributed by atoms with Gasteiger partial charge in [0, 0.05) is 43.5 Å². The van der Waals surface area contributed by atoms with Gasteiger partial charge in [-0.05, 0) is 76.0 Å². The van der Waals surface area contributed by atoms with Gasteiger partial charge in [0.15, 0.2) is 0 Å². The van der Waals surface area contributed by atoms with Crippen LogP contribution in [0.4, 0.5) is 15.9 Å². The minimum atomic E-state index is -0.253. The summed E-state index contributed by atoms with van der Waals surface area (Å²) in [7, 11) is 2.12. The Morgan fingerprint density at radius 3 is 2.73 bits per heavy atom. The van der Waals surface area contributed by atoms with Crippen LogP contribution in [0, 0.1) is 31.0 Å².